The molecule has 3 aromatic rings. The van der Waals surface area contributed by atoms with Crippen LogP contribution in [0.5, 0.6) is 0 Å². The van der Waals surface area contributed by atoms with Gasteiger partial charge >= 0.3 is 36.3 Å². The van der Waals surface area contributed by atoms with Crippen molar-refractivity contribution in [1.29, 1.82) is 0 Å². The van der Waals surface area contributed by atoms with Crippen LogP contribution in [0.3, 0.4) is 0 Å². The number of carbonyl (C=O) groups is 11. The molecular weight excluding hydrogens is 1370 g/mol. The van der Waals surface area contributed by atoms with Crippen LogP contribution in [0, 0.1) is 29.6 Å². The summed E-state index contributed by atoms with van der Waals surface area (Å²) in [5, 5.41) is 33.5. The molecule has 1 aliphatic rings. The summed E-state index contributed by atoms with van der Waals surface area (Å²) < 4.78 is 54.8. The lowest BCUT2D eigenvalue weighted by atomic mass is 9.89. The van der Waals surface area contributed by atoms with Crippen LogP contribution in [0.25, 0.3) is 0 Å². The Morgan fingerprint density at radius 1 is 0.695 bits per heavy atom. The lowest BCUT2D eigenvalue weighted by Gasteiger charge is -2.41. The summed E-state index contributed by atoms with van der Waals surface area (Å²) in [5.41, 5.74) is 7.71. The molecule has 1 heterocycles. The summed E-state index contributed by atoms with van der Waals surface area (Å²) in [5.74, 6) is -8.25. The van der Waals surface area contributed by atoms with Gasteiger partial charge in [-0.05, 0) is 125 Å². The average Bonchev–Trinajstić information content (AvgIpc) is 1.77. The smallest absolute Gasteiger partial charge is 0.480 e. The third-order valence-corrected chi connectivity index (χ3v) is 18.2. The largest absolute Gasteiger partial charge is 0.490 e. The van der Waals surface area contributed by atoms with E-state index >= 15 is 0 Å². The Bertz CT molecular complexity index is 3320. The Kier molecular flexibility index (Phi) is 36.7. The Morgan fingerprint density at radius 3 is 1.79 bits per heavy atom. The number of hydrogen-bond acceptors (Lipinski definition) is 16. The van der Waals surface area contributed by atoms with Crippen LogP contribution in [0.2, 0.25) is 0 Å². The highest BCUT2D eigenvalue weighted by atomic mass is 19.4. The first-order valence-corrected chi connectivity index (χ1v) is 35.3. The Morgan fingerprint density at radius 2 is 1.28 bits per heavy atom. The van der Waals surface area contributed by atoms with Gasteiger partial charge in [-0.2, -0.15) is 13.2 Å². The van der Waals surface area contributed by atoms with Gasteiger partial charge in [0.25, 0.3) is 0 Å². The molecule has 1 fully saturated rings. The van der Waals surface area contributed by atoms with Gasteiger partial charge in [0.2, 0.25) is 35.4 Å². The molecule has 10 amide bonds. The van der Waals surface area contributed by atoms with Crippen molar-refractivity contribution in [1.82, 2.24) is 41.3 Å². The first kappa shape index (κ1) is 90.1. The standard InChI is InChI=1S/C72H111N11O15.C2HF3O2/c1-18-46(8)61(56(95-16)41-57(84)83-38-23-27-55(83)62(96-17)47(9)63(85)77-54(68(90)91)40-49-24-20-19-21-25-49)82(15)67(89)59(44(4)5)78-66(88)60(45(6)7)80(13)39-36-48-30-34-52(35-31-48)81(14)71(94)97-42-50-28-32-51(33-29-50)75-64(86)53(26-22-37-74-69(73)92)76-65(87)58(43(2)3)79-70(93)98-72(10,11)12;3-2(4,5)1(6)7/h19-21,24-25,28-35,43-47,53-56,58-62H,18,22-23,26-27,36-42H2,1-17H3,(H,75,86)(H,76,87)(H,77,85)(H,78,88)(H,79,93)(H,90,91)(H3,73,74,92);(H,6,7)/t46-,47+,53-,54-,55-,56+,58-,59-,60-,61-,62+;/m0./s1. The number of nitrogens with two attached hydrogens (primary N) is 1. The van der Waals surface area contributed by atoms with Gasteiger partial charge in [0.05, 0.1) is 42.7 Å². The SMILES string of the molecule is CC[C@H](C)[C@@H]([C@@H](CC(=O)N1CCC[C@H]1[C@H](OC)[C@@H](C)C(=O)N[C@@H](Cc1ccccc1)C(=O)O)OC)N(C)C(=O)[C@@H](NC(=O)[C@H](C(C)C)N(C)CCc1ccc(N(C)C(=O)OCc2ccc(NC(=O)[C@H](CCCNC(N)=O)NC(=O)[C@@H](NC(=O)OC(C)(C)C)C(C)C)cc2)cc1)C(C)C.O=C(O)C(F)(F)F. The summed E-state index contributed by atoms with van der Waals surface area (Å²) in [6.45, 7) is 22.9. The minimum Gasteiger partial charge on any atom is -0.480 e. The van der Waals surface area contributed by atoms with Crippen LogP contribution in [-0.2, 0) is 76.8 Å². The van der Waals surface area contributed by atoms with Gasteiger partial charge < -0.3 is 76.6 Å². The molecule has 0 unspecified atom stereocenters. The van der Waals surface area contributed by atoms with Crippen LogP contribution in [0.1, 0.15) is 138 Å². The highest BCUT2D eigenvalue weighted by Gasteiger charge is 2.44. The Balaban J connectivity index is 0.00000388. The van der Waals surface area contributed by atoms with Crippen LogP contribution in [0.4, 0.5) is 38.9 Å². The van der Waals surface area contributed by atoms with Gasteiger partial charge in [0.1, 0.15) is 36.4 Å². The van der Waals surface area contributed by atoms with Crippen LogP contribution in [-0.4, -0.2) is 212 Å². The molecule has 0 radical (unpaired) electrons. The number of benzene rings is 3. The molecule has 10 N–H and O–H groups in total. The van der Waals surface area contributed by atoms with Crippen molar-refractivity contribution in [3.63, 3.8) is 0 Å². The van der Waals surface area contributed by atoms with E-state index in [4.69, 9.17) is 34.6 Å². The quantitative estimate of drug-likeness (QED) is 0.0248. The summed E-state index contributed by atoms with van der Waals surface area (Å²) in [6.07, 6.45) is -5.14. The number of alkyl carbamates (subject to hydrolysis) is 1. The number of carboxylic acids is 2. The second-order valence-corrected chi connectivity index (χ2v) is 28.5. The second kappa shape index (κ2) is 42.8. The number of ether oxygens (including phenoxy) is 4. The summed E-state index contributed by atoms with van der Waals surface area (Å²) >= 11 is 0. The van der Waals surface area contributed by atoms with Crippen molar-refractivity contribution >= 4 is 77.0 Å². The molecule has 11 atom stereocenters. The predicted molar refractivity (Wildman–Crippen MR) is 388 cm³/mol. The van der Waals surface area contributed by atoms with E-state index in [0.717, 1.165) is 11.1 Å². The maximum Gasteiger partial charge on any atom is 0.490 e. The fourth-order valence-corrected chi connectivity index (χ4v) is 12.3. The van der Waals surface area contributed by atoms with Gasteiger partial charge in [0, 0.05) is 65.7 Å². The monoisotopic (exact) mass is 1480 g/mol. The number of hydrogen-bond donors (Lipinski definition) is 9. The number of amides is 10. The van der Waals surface area contributed by atoms with E-state index in [2.05, 4.69) is 31.9 Å². The van der Waals surface area contributed by atoms with Crippen LogP contribution >= 0.6 is 0 Å². The fraction of sp³-hybridized carbons (Fsp3) is 0.608. The van der Waals surface area contributed by atoms with Crippen molar-refractivity contribution in [2.45, 2.75) is 207 Å². The molecule has 1 saturated heterocycles. The molecule has 586 valence electrons. The molecule has 28 nitrogen and oxygen atoms in total. The van der Waals surface area contributed by atoms with E-state index in [-0.39, 0.29) is 73.8 Å². The van der Waals surface area contributed by atoms with Crippen molar-refractivity contribution in [3.8, 4) is 0 Å². The summed E-state index contributed by atoms with van der Waals surface area (Å²) in [4.78, 5) is 150. The van der Waals surface area contributed by atoms with E-state index in [9.17, 15) is 66.2 Å². The van der Waals surface area contributed by atoms with Gasteiger partial charge in [-0.25, -0.2) is 24.0 Å². The zero-order valence-electron chi connectivity index (χ0n) is 63.6. The number of carbonyl (C=O) groups excluding carboxylic acids is 9. The lowest BCUT2D eigenvalue weighted by Crippen LogP contribution is -2.60. The van der Waals surface area contributed by atoms with Gasteiger partial charge in [-0.1, -0.05) is 123 Å². The van der Waals surface area contributed by atoms with Crippen molar-refractivity contribution in [2.75, 3.05) is 65.2 Å². The number of methoxy groups -OCH3 is 2. The molecule has 31 heteroatoms. The molecule has 0 saturated carbocycles. The van der Waals surface area contributed by atoms with Crippen LogP contribution in [0.15, 0.2) is 78.9 Å². The topological polar surface area (TPSA) is 376 Å². The highest BCUT2D eigenvalue weighted by molar-refractivity contribution is 5.98. The lowest BCUT2D eigenvalue weighted by molar-refractivity contribution is -0.192. The van der Waals surface area contributed by atoms with Gasteiger partial charge in [-0.3, -0.25) is 38.6 Å². The van der Waals surface area contributed by atoms with Gasteiger partial charge in [0.15, 0.2) is 0 Å². The number of likely N-dealkylation sites (N-methyl/N-ethyl adjacent to an activating group) is 2. The average molecular weight is 1480 g/mol. The van der Waals surface area contributed by atoms with E-state index in [1.54, 1.807) is 126 Å². The maximum atomic E-state index is 14.8. The number of nitrogens with one attached hydrogen (secondary N) is 6. The highest BCUT2D eigenvalue weighted by Crippen LogP contribution is 2.31. The second-order valence-electron chi connectivity index (χ2n) is 28.5. The minimum absolute atomic E-state index is 0.0816. The number of alkyl halides is 3. The molecule has 0 aromatic heterocycles. The third-order valence-electron chi connectivity index (χ3n) is 18.2. The Hall–Kier alpha value is -9.10. The third kappa shape index (κ3) is 29.4. The van der Waals surface area contributed by atoms with E-state index in [0.29, 0.717) is 62.1 Å². The number of likely N-dealkylation sites (tertiary alicyclic amines) is 1. The van der Waals surface area contributed by atoms with E-state index in [1.165, 1.54) is 19.1 Å². The molecule has 4 rings (SSSR count). The number of halogens is 3. The zero-order valence-corrected chi connectivity index (χ0v) is 63.6. The van der Waals surface area contributed by atoms with Crippen molar-refractivity contribution < 1.29 is 95.1 Å². The number of nitrogens with zero attached hydrogens (tertiary/aromatic N) is 4. The summed E-state index contributed by atoms with van der Waals surface area (Å²) in [7, 11) is 8.14. The minimum atomic E-state index is -5.08. The maximum absolute atomic E-state index is 14.8. The number of rotatable bonds is 37. The van der Waals surface area contributed by atoms with Crippen molar-refractivity contribution in [3.05, 3.63) is 95.6 Å². The Labute approximate surface area is 614 Å². The molecule has 1 aliphatic heterocycles. The number of aliphatic carboxylic acids is 2. The van der Waals surface area contributed by atoms with E-state index in [1.807, 2.05) is 71.7 Å². The number of primary amides is 1. The molecular formula is C74H112F3N11O17. The number of carboxylic acid groups (broad SMARTS) is 2. The molecule has 3 aromatic carbocycles. The number of anilines is 2. The molecule has 0 bridgehead atoms. The predicted octanol–water partition coefficient (Wildman–Crippen LogP) is 7.89. The molecule has 0 spiro atoms. The first-order chi connectivity index (χ1) is 49.1. The normalized spacial score (nSPS) is 15.9. The summed E-state index contributed by atoms with van der Waals surface area (Å²) in [6, 6.07) is 16.4. The van der Waals surface area contributed by atoms with Gasteiger partial charge in [-0.15, -0.1) is 0 Å². The zero-order chi connectivity index (χ0) is 79.4. The van der Waals surface area contributed by atoms with Crippen molar-refractivity contribution in [2.24, 2.45) is 35.3 Å². The number of urea groups is 1. The first-order valence-electron chi connectivity index (χ1n) is 35.3. The van der Waals surface area contributed by atoms with E-state index < -0.39 is 120 Å². The molecule has 0 aliphatic carbocycles. The fourth-order valence-electron chi connectivity index (χ4n) is 12.3. The molecule has 105 heavy (non-hydrogen) atoms. The van der Waals surface area contributed by atoms with Crippen LogP contribution < -0.4 is 42.5 Å².